The van der Waals surface area contributed by atoms with Gasteiger partial charge in [0.15, 0.2) is 0 Å². The Kier molecular flexibility index (Phi) is 3.90. The number of aliphatic hydroxyl groups excluding tert-OH is 1. The van der Waals surface area contributed by atoms with Gasteiger partial charge in [-0.1, -0.05) is 23.7 Å². The Balaban J connectivity index is 2.07. The summed E-state index contributed by atoms with van der Waals surface area (Å²) in [6.45, 7) is 2.62. The monoisotopic (exact) mass is 269 g/mol. The summed E-state index contributed by atoms with van der Waals surface area (Å²) in [6.07, 6.45) is 0. The van der Waals surface area contributed by atoms with Crippen LogP contribution in [0.25, 0.3) is 0 Å². The molecule has 1 unspecified atom stereocenters. The molecule has 1 N–H and O–H groups in total. The van der Waals surface area contributed by atoms with Crippen LogP contribution in [0.3, 0.4) is 0 Å². The van der Waals surface area contributed by atoms with Gasteiger partial charge in [0.05, 0.1) is 13.2 Å². The first-order valence-electron chi connectivity index (χ1n) is 5.79. The van der Waals surface area contributed by atoms with Gasteiger partial charge >= 0.3 is 0 Å². The number of carbonyl (C=O) groups excluding carboxylic acids is 1. The average molecular weight is 270 g/mol. The number of nitrogens with zero attached hydrogens (tertiary/aromatic N) is 1. The highest BCUT2D eigenvalue weighted by molar-refractivity contribution is 6.30. The number of carbonyl (C=O) groups is 1. The van der Waals surface area contributed by atoms with E-state index in [1.165, 1.54) is 0 Å². The molecule has 18 heavy (non-hydrogen) atoms. The number of ether oxygens (including phenoxy) is 1. The molecule has 1 heterocycles. The van der Waals surface area contributed by atoms with E-state index in [0.29, 0.717) is 18.1 Å². The number of hydrogen-bond acceptors (Lipinski definition) is 3. The Labute approximate surface area is 111 Å². The molecule has 1 aromatic rings. The van der Waals surface area contributed by atoms with Gasteiger partial charge in [0.2, 0.25) is 5.91 Å². The molecule has 1 saturated heterocycles. The minimum absolute atomic E-state index is 0.0185. The summed E-state index contributed by atoms with van der Waals surface area (Å²) in [5.41, 5.74) is 0.343. The minimum Gasteiger partial charge on any atom is -0.393 e. The molecule has 4 nitrogen and oxygen atoms in total. The first kappa shape index (κ1) is 13.3. The summed E-state index contributed by atoms with van der Waals surface area (Å²) in [5.74, 6) is -0.0594. The van der Waals surface area contributed by atoms with Crippen LogP contribution in [0.5, 0.6) is 0 Å². The van der Waals surface area contributed by atoms with Crippen molar-refractivity contribution in [2.45, 2.75) is 19.1 Å². The Bertz CT molecular complexity index is 434. The number of hydrogen-bond donors (Lipinski definition) is 1. The quantitative estimate of drug-likeness (QED) is 0.904. The van der Waals surface area contributed by atoms with Crippen LogP contribution < -0.4 is 0 Å². The minimum atomic E-state index is -0.666. The van der Waals surface area contributed by atoms with Crippen molar-refractivity contribution >= 4 is 17.5 Å². The molecular formula is C13H16ClNO3. The van der Waals surface area contributed by atoms with Crippen molar-refractivity contribution in [3.8, 4) is 0 Å². The molecule has 0 spiro atoms. The fourth-order valence-corrected chi connectivity index (χ4v) is 2.04. The summed E-state index contributed by atoms with van der Waals surface area (Å²) in [7, 11) is 0. The number of morpholine rings is 1. The molecule has 1 fully saturated rings. The zero-order valence-corrected chi connectivity index (χ0v) is 11.0. The maximum absolute atomic E-state index is 11.8. The van der Waals surface area contributed by atoms with Crippen LogP contribution in [0.15, 0.2) is 24.3 Å². The molecule has 1 aliphatic heterocycles. The van der Waals surface area contributed by atoms with Gasteiger partial charge in [-0.15, -0.1) is 0 Å². The van der Waals surface area contributed by atoms with Gasteiger partial charge in [-0.05, 0) is 24.6 Å². The van der Waals surface area contributed by atoms with E-state index in [2.05, 4.69) is 0 Å². The van der Waals surface area contributed by atoms with Gasteiger partial charge in [0, 0.05) is 11.6 Å². The van der Waals surface area contributed by atoms with Crippen LogP contribution >= 0.6 is 11.6 Å². The number of rotatable bonds is 3. The highest BCUT2D eigenvalue weighted by atomic mass is 35.5. The maximum Gasteiger partial charge on any atom is 0.249 e. The molecule has 0 bridgehead atoms. The van der Waals surface area contributed by atoms with Crippen molar-refractivity contribution < 1.29 is 14.6 Å². The molecule has 0 radical (unpaired) electrons. The number of amides is 1. The third kappa shape index (κ3) is 3.02. The Morgan fingerprint density at radius 2 is 2.11 bits per heavy atom. The van der Waals surface area contributed by atoms with Gasteiger partial charge in [-0.25, -0.2) is 0 Å². The Hall–Kier alpha value is -1.10. The van der Waals surface area contributed by atoms with E-state index in [4.69, 9.17) is 16.3 Å². The Morgan fingerprint density at radius 3 is 2.72 bits per heavy atom. The molecule has 5 heteroatoms. The lowest BCUT2D eigenvalue weighted by Gasteiger charge is -2.39. The van der Waals surface area contributed by atoms with Crippen LogP contribution in [-0.2, 0) is 16.1 Å². The van der Waals surface area contributed by atoms with Crippen molar-refractivity contribution in [2.75, 3.05) is 19.8 Å². The van der Waals surface area contributed by atoms with E-state index in [9.17, 15) is 9.90 Å². The third-order valence-corrected chi connectivity index (χ3v) is 3.30. The van der Waals surface area contributed by atoms with Crippen LogP contribution in [0.2, 0.25) is 5.02 Å². The fraction of sp³-hybridized carbons (Fsp3) is 0.462. The second-order valence-electron chi connectivity index (χ2n) is 4.77. The normalized spacial score (nSPS) is 24.4. The molecule has 1 amide bonds. The molecule has 0 aliphatic carbocycles. The van der Waals surface area contributed by atoms with Crippen molar-refractivity contribution in [3.63, 3.8) is 0 Å². The van der Waals surface area contributed by atoms with E-state index in [1.54, 1.807) is 24.0 Å². The summed E-state index contributed by atoms with van der Waals surface area (Å²) < 4.78 is 5.35. The van der Waals surface area contributed by atoms with E-state index in [-0.39, 0.29) is 19.1 Å². The second-order valence-corrected chi connectivity index (χ2v) is 5.21. The van der Waals surface area contributed by atoms with Crippen molar-refractivity contribution in [3.05, 3.63) is 34.9 Å². The zero-order chi connectivity index (χ0) is 13.2. The zero-order valence-electron chi connectivity index (χ0n) is 10.2. The SMILES string of the molecule is CC1(CO)CN(Cc2ccc(Cl)cc2)C(=O)CO1. The summed E-state index contributed by atoms with van der Waals surface area (Å²) in [4.78, 5) is 13.5. The van der Waals surface area contributed by atoms with Crippen LogP contribution in [0.1, 0.15) is 12.5 Å². The first-order valence-corrected chi connectivity index (χ1v) is 6.17. The summed E-state index contributed by atoms with van der Waals surface area (Å²) in [5, 5.41) is 9.95. The van der Waals surface area contributed by atoms with Crippen molar-refractivity contribution in [2.24, 2.45) is 0 Å². The molecule has 1 aromatic carbocycles. The molecule has 0 saturated carbocycles. The van der Waals surface area contributed by atoms with Crippen molar-refractivity contribution in [1.82, 2.24) is 4.90 Å². The molecule has 0 aromatic heterocycles. The molecule has 1 aliphatic rings. The maximum atomic E-state index is 11.8. The van der Waals surface area contributed by atoms with Crippen molar-refractivity contribution in [1.29, 1.82) is 0 Å². The van der Waals surface area contributed by atoms with Gasteiger partial charge in [-0.2, -0.15) is 0 Å². The second kappa shape index (κ2) is 5.26. The van der Waals surface area contributed by atoms with E-state index in [0.717, 1.165) is 5.56 Å². The third-order valence-electron chi connectivity index (χ3n) is 3.04. The standard InChI is InChI=1S/C13H16ClNO3/c1-13(9-16)8-15(12(17)7-18-13)6-10-2-4-11(14)5-3-10/h2-5,16H,6-9H2,1H3. The number of aliphatic hydroxyl groups is 1. The topological polar surface area (TPSA) is 49.8 Å². The lowest BCUT2D eigenvalue weighted by molar-refractivity contribution is -0.167. The largest absolute Gasteiger partial charge is 0.393 e. The fourth-order valence-electron chi connectivity index (χ4n) is 1.91. The first-order chi connectivity index (χ1) is 8.52. The molecule has 2 rings (SSSR count). The van der Waals surface area contributed by atoms with Gasteiger partial charge in [-0.3, -0.25) is 4.79 Å². The van der Waals surface area contributed by atoms with Gasteiger partial charge in [0.25, 0.3) is 0 Å². The molecular weight excluding hydrogens is 254 g/mol. The molecule has 1 atom stereocenters. The highest BCUT2D eigenvalue weighted by Crippen LogP contribution is 2.20. The predicted octanol–water partition coefficient (Wildman–Crippen LogP) is 1.45. The summed E-state index contributed by atoms with van der Waals surface area (Å²) in [6, 6.07) is 7.38. The average Bonchev–Trinajstić information content (AvgIpc) is 2.37. The number of benzene rings is 1. The Morgan fingerprint density at radius 1 is 1.44 bits per heavy atom. The number of halogens is 1. The van der Waals surface area contributed by atoms with E-state index < -0.39 is 5.60 Å². The van der Waals surface area contributed by atoms with E-state index in [1.807, 2.05) is 12.1 Å². The van der Waals surface area contributed by atoms with Crippen LogP contribution in [0, 0.1) is 0 Å². The summed E-state index contributed by atoms with van der Waals surface area (Å²) >= 11 is 5.82. The predicted molar refractivity (Wildman–Crippen MR) is 68.3 cm³/mol. The van der Waals surface area contributed by atoms with Gasteiger partial charge in [0.1, 0.15) is 12.2 Å². The van der Waals surface area contributed by atoms with Crippen LogP contribution in [-0.4, -0.2) is 41.3 Å². The highest BCUT2D eigenvalue weighted by Gasteiger charge is 2.35. The molecule has 98 valence electrons. The van der Waals surface area contributed by atoms with Crippen LogP contribution in [0.4, 0.5) is 0 Å². The lowest BCUT2D eigenvalue weighted by Crippen LogP contribution is -2.54. The van der Waals surface area contributed by atoms with E-state index >= 15 is 0 Å². The smallest absolute Gasteiger partial charge is 0.249 e. The lowest BCUT2D eigenvalue weighted by atomic mass is 10.0. The van der Waals surface area contributed by atoms with Gasteiger partial charge < -0.3 is 14.7 Å².